The predicted octanol–water partition coefficient (Wildman–Crippen LogP) is 4.02. The van der Waals surface area contributed by atoms with Crippen molar-refractivity contribution >= 4 is 22.7 Å². The van der Waals surface area contributed by atoms with Crippen molar-refractivity contribution < 1.29 is 19.1 Å². The first-order valence-electron chi connectivity index (χ1n) is 12.0. The SMILES string of the molecule is CCCN1CC(=O)N2C[C@H](c3cccc(OC)c3OCC)c3c([nH]c4ccccc34)[C@@]2(C)C1=O. The highest BCUT2D eigenvalue weighted by molar-refractivity contribution is 6.01. The Balaban J connectivity index is 1.78. The van der Waals surface area contributed by atoms with Gasteiger partial charge in [0.1, 0.15) is 0 Å². The quantitative estimate of drug-likeness (QED) is 0.602. The molecule has 2 atom stereocenters. The maximum Gasteiger partial charge on any atom is 0.254 e. The summed E-state index contributed by atoms with van der Waals surface area (Å²) in [6.07, 6.45) is 0.804. The van der Waals surface area contributed by atoms with Crippen molar-refractivity contribution in [1.29, 1.82) is 0 Å². The average Bonchev–Trinajstić information content (AvgIpc) is 3.24. The summed E-state index contributed by atoms with van der Waals surface area (Å²) in [6.45, 7) is 7.41. The van der Waals surface area contributed by atoms with Gasteiger partial charge in [-0.25, -0.2) is 0 Å². The van der Waals surface area contributed by atoms with E-state index in [9.17, 15) is 9.59 Å². The number of H-pyrrole nitrogens is 1. The summed E-state index contributed by atoms with van der Waals surface area (Å²) in [4.78, 5) is 34.3. The van der Waals surface area contributed by atoms with Crippen LogP contribution in [0.5, 0.6) is 11.5 Å². The van der Waals surface area contributed by atoms with Gasteiger partial charge in [-0.2, -0.15) is 0 Å². The number of benzene rings is 2. The Morgan fingerprint density at radius 2 is 1.91 bits per heavy atom. The maximum absolute atomic E-state index is 13.8. The number of aromatic nitrogens is 1. The van der Waals surface area contributed by atoms with E-state index in [1.807, 2.05) is 57.2 Å². The maximum atomic E-state index is 13.8. The molecule has 1 aromatic heterocycles. The van der Waals surface area contributed by atoms with Gasteiger partial charge in [0.05, 0.1) is 26.0 Å². The van der Waals surface area contributed by atoms with Gasteiger partial charge in [-0.1, -0.05) is 37.3 Å². The number of hydrogen-bond donors (Lipinski definition) is 1. The molecular formula is C27H31N3O4. The molecular weight excluding hydrogens is 430 g/mol. The van der Waals surface area contributed by atoms with Crippen LogP contribution in [-0.2, 0) is 15.1 Å². The number of nitrogens with zero attached hydrogens (tertiary/aromatic N) is 2. The van der Waals surface area contributed by atoms with E-state index < -0.39 is 5.54 Å². The van der Waals surface area contributed by atoms with Crippen LogP contribution in [0.4, 0.5) is 0 Å². The number of nitrogens with one attached hydrogen (secondary N) is 1. The molecule has 1 saturated heterocycles. The lowest BCUT2D eigenvalue weighted by Gasteiger charge is -2.51. The molecule has 0 spiro atoms. The number of fused-ring (bicyclic) bond motifs is 5. The normalized spacial score (nSPS) is 22.1. The van der Waals surface area contributed by atoms with E-state index in [0.717, 1.165) is 34.1 Å². The van der Waals surface area contributed by atoms with Crippen LogP contribution < -0.4 is 9.47 Å². The van der Waals surface area contributed by atoms with Crippen molar-refractivity contribution in [2.24, 2.45) is 0 Å². The second-order valence-corrected chi connectivity index (χ2v) is 9.13. The van der Waals surface area contributed by atoms with Crippen LogP contribution in [0.2, 0.25) is 0 Å². The molecule has 7 heteroatoms. The topological polar surface area (TPSA) is 74.9 Å². The fourth-order valence-corrected chi connectivity index (χ4v) is 5.67. The number of carbonyl (C=O) groups excluding carboxylic acids is 2. The van der Waals surface area contributed by atoms with Crippen molar-refractivity contribution in [3.63, 3.8) is 0 Å². The molecule has 1 N–H and O–H groups in total. The Hall–Kier alpha value is -3.48. The summed E-state index contributed by atoms with van der Waals surface area (Å²) in [6, 6.07) is 14.0. The van der Waals surface area contributed by atoms with Crippen LogP contribution in [0.25, 0.3) is 10.9 Å². The first-order valence-corrected chi connectivity index (χ1v) is 12.0. The molecule has 7 nitrogen and oxygen atoms in total. The molecule has 0 unspecified atom stereocenters. The zero-order chi connectivity index (χ0) is 24.0. The van der Waals surface area contributed by atoms with Gasteiger partial charge in [0.15, 0.2) is 17.0 Å². The minimum absolute atomic E-state index is 0.0316. The first-order chi connectivity index (χ1) is 16.4. The monoisotopic (exact) mass is 461 g/mol. The molecule has 34 heavy (non-hydrogen) atoms. The fraction of sp³-hybridized carbons (Fsp3) is 0.407. The number of piperazine rings is 1. The largest absolute Gasteiger partial charge is 0.493 e. The van der Waals surface area contributed by atoms with Gasteiger partial charge in [-0.3, -0.25) is 9.59 Å². The molecule has 0 saturated carbocycles. The van der Waals surface area contributed by atoms with Gasteiger partial charge in [-0.05, 0) is 38.0 Å². The molecule has 2 amide bonds. The third-order valence-electron chi connectivity index (χ3n) is 7.20. The van der Waals surface area contributed by atoms with Crippen LogP contribution >= 0.6 is 0 Å². The van der Waals surface area contributed by atoms with Crippen molar-refractivity contribution in [3.05, 3.63) is 59.3 Å². The van der Waals surface area contributed by atoms with Gasteiger partial charge < -0.3 is 24.3 Å². The molecule has 5 rings (SSSR count). The summed E-state index contributed by atoms with van der Waals surface area (Å²) in [5.41, 5.74) is 2.65. The lowest BCUT2D eigenvalue weighted by molar-refractivity contribution is -0.166. The van der Waals surface area contributed by atoms with E-state index in [-0.39, 0.29) is 24.3 Å². The zero-order valence-electron chi connectivity index (χ0n) is 20.2. The summed E-state index contributed by atoms with van der Waals surface area (Å²) >= 11 is 0. The second kappa shape index (κ2) is 8.38. The lowest BCUT2D eigenvalue weighted by Crippen LogP contribution is -2.67. The fourth-order valence-electron chi connectivity index (χ4n) is 5.67. The molecule has 3 aromatic rings. The molecule has 3 heterocycles. The van der Waals surface area contributed by atoms with Gasteiger partial charge in [0, 0.05) is 35.5 Å². The van der Waals surface area contributed by atoms with Gasteiger partial charge in [0.2, 0.25) is 5.91 Å². The van der Waals surface area contributed by atoms with Gasteiger partial charge >= 0.3 is 0 Å². The van der Waals surface area contributed by atoms with Gasteiger partial charge in [-0.15, -0.1) is 0 Å². The summed E-state index contributed by atoms with van der Waals surface area (Å²) in [5.74, 6) is 1.09. The Bertz CT molecular complexity index is 1270. The Morgan fingerprint density at radius 1 is 1.12 bits per heavy atom. The standard InChI is InChI=1S/C27H31N3O4/c1-5-14-29-16-22(31)30-15-19(17-11-9-13-21(33-4)24(17)34-6-2)23-18-10-7-8-12-20(18)28-25(23)27(30,3)26(29)32/h7-13,19,28H,5-6,14-16H2,1-4H3/t19-,27+/m1/s1. The third kappa shape index (κ3) is 3.10. The van der Waals surface area contributed by atoms with Crippen LogP contribution in [0.15, 0.2) is 42.5 Å². The van der Waals surface area contributed by atoms with E-state index >= 15 is 0 Å². The molecule has 0 aliphatic carbocycles. The first kappa shape index (κ1) is 22.3. The Kier molecular flexibility index (Phi) is 5.50. The van der Waals surface area contributed by atoms with E-state index in [2.05, 4.69) is 11.1 Å². The van der Waals surface area contributed by atoms with E-state index in [1.54, 1.807) is 16.9 Å². The molecule has 2 aliphatic heterocycles. The van der Waals surface area contributed by atoms with E-state index in [0.29, 0.717) is 31.2 Å². The minimum atomic E-state index is -1.08. The smallest absolute Gasteiger partial charge is 0.254 e. The minimum Gasteiger partial charge on any atom is -0.493 e. The predicted molar refractivity (Wildman–Crippen MR) is 130 cm³/mol. The Labute approximate surface area is 199 Å². The van der Waals surface area contributed by atoms with Crippen LogP contribution in [0, 0.1) is 0 Å². The van der Waals surface area contributed by atoms with Crippen LogP contribution in [-0.4, -0.2) is 59.9 Å². The summed E-state index contributed by atoms with van der Waals surface area (Å²) < 4.78 is 11.7. The van der Waals surface area contributed by atoms with Crippen molar-refractivity contribution in [2.75, 3.05) is 33.4 Å². The van der Waals surface area contributed by atoms with Crippen molar-refractivity contribution in [3.8, 4) is 11.5 Å². The zero-order valence-corrected chi connectivity index (χ0v) is 20.2. The van der Waals surface area contributed by atoms with Gasteiger partial charge in [0.25, 0.3) is 5.91 Å². The number of rotatable bonds is 6. The lowest BCUT2D eigenvalue weighted by atomic mass is 9.76. The number of carbonyl (C=O) groups is 2. The average molecular weight is 462 g/mol. The third-order valence-corrected chi connectivity index (χ3v) is 7.20. The number of amides is 2. The van der Waals surface area contributed by atoms with E-state index in [1.165, 1.54) is 0 Å². The molecule has 0 bridgehead atoms. The van der Waals surface area contributed by atoms with E-state index in [4.69, 9.17) is 9.47 Å². The molecule has 2 aliphatic rings. The van der Waals surface area contributed by atoms with Crippen LogP contribution in [0.1, 0.15) is 49.9 Å². The van der Waals surface area contributed by atoms with Crippen molar-refractivity contribution in [2.45, 2.75) is 38.6 Å². The summed E-state index contributed by atoms with van der Waals surface area (Å²) in [7, 11) is 1.63. The number of hydrogen-bond acceptors (Lipinski definition) is 4. The molecule has 2 aromatic carbocycles. The van der Waals surface area contributed by atoms with Crippen molar-refractivity contribution in [1.82, 2.24) is 14.8 Å². The second-order valence-electron chi connectivity index (χ2n) is 9.13. The Morgan fingerprint density at radius 3 is 2.65 bits per heavy atom. The summed E-state index contributed by atoms with van der Waals surface area (Å²) in [5, 5.41) is 1.06. The highest BCUT2D eigenvalue weighted by Gasteiger charge is 2.56. The number of para-hydroxylation sites is 2. The number of aromatic amines is 1. The molecule has 0 radical (unpaired) electrons. The van der Waals surface area contributed by atoms with Crippen LogP contribution in [0.3, 0.4) is 0 Å². The number of methoxy groups -OCH3 is 1. The molecule has 1 fully saturated rings. The highest BCUT2D eigenvalue weighted by Crippen LogP contribution is 2.50. The molecule has 178 valence electrons. The number of ether oxygens (including phenoxy) is 2. The highest BCUT2D eigenvalue weighted by atomic mass is 16.5.